The average molecular weight is 564 g/mol. The van der Waals surface area contributed by atoms with Gasteiger partial charge in [0.15, 0.2) is 0 Å². The Morgan fingerprint density at radius 1 is 1.00 bits per heavy atom. The van der Waals surface area contributed by atoms with Crippen molar-refractivity contribution in [2.75, 3.05) is 27.2 Å². The van der Waals surface area contributed by atoms with Crippen LogP contribution in [0.25, 0.3) is 0 Å². The summed E-state index contributed by atoms with van der Waals surface area (Å²) in [4.78, 5) is 43.7. The molecule has 5 rings (SSSR count). The number of piperazine rings is 1. The molecule has 4 amide bonds. The van der Waals surface area contributed by atoms with Gasteiger partial charge in [-0.15, -0.1) is 0 Å². The molecule has 0 radical (unpaired) electrons. The molecular weight excluding hydrogens is 532 g/mol. The summed E-state index contributed by atoms with van der Waals surface area (Å²) in [7, 11) is 3.21. The van der Waals surface area contributed by atoms with Crippen molar-refractivity contribution in [2.24, 2.45) is 0 Å². The predicted octanol–water partition coefficient (Wildman–Crippen LogP) is 3.15. The molecule has 41 heavy (non-hydrogen) atoms. The third kappa shape index (κ3) is 5.99. The zero-order valence-electron chi connectivity index (χ0n) is 22.8. The highest BCUT2D eigenvalue weighted by Gasteiger charge is 2.50. The molecule has 2 fully saturated rings. The van der Waals surface area contributed by atoms with Gasteiger partial charge in [-0.3, -0.25) is 9.59 Å². The first-order valence-corrected chi connectivity index (χ1v) is 13.2. The standard InChI is InChI=1S/C30H31F2N5O4/c1-34-19-28(38)36-26(14-20-6-4-3-5-7-20)29(39)35(17-22-10-11-23(31)15-25(22)32)18-27(36)37(34)30(40)33-16-21-8-12-24(41-2)13-9-21/h3-13,15,26-27H,14,16-19H2,1-2H3,(H,33,40)/t26-,27-/m0/s1. The van der Waals surface area contributed by atoms with Crippen molar-refractivity contribution in [1.82, 2.24) is 25.1 Å². The number of carbonyl (C=O) groups excluding carboxylic acids is 3. The van der Waals surface area contributed by atoms with Crippen molar-refractivity contribution in [3.8, 4) is 5.75 Å². The topological polar surface area (TPSA) is 85.4 Å². The second kappa shape index (κ2) is 11.9. The Hall–Kier alpha value is -4.51. The lowest BCUT2D eigenvalue weighted by Crippen LogP contribution is -2.76. The molecule has 3 aromatic carbocycles. The van der Waals surface area contributed by atoms with E-state index in [1.165, 1.54) is 25.9 Å². The summed E-state index contributed by atoms with van der Waals surface area (Å²) in [6.07, 6.45) is -0.623. The fraction of sp³-hybridized carbons (Fsp3) is 0.300. The van der Waals surface area contributed by atoms with Crippen LogP contribution in [0, 0.1) is 11.6 Å². The lowest BCUT2D eigenvalue weighted by atomic mass is 9.98. The SMILES string of the molecule is COc1ccc(CNC(=O)N2[C@H]3CN(Cc4ccc(F)cc4F)C(=O)[C@H](Cc4ccccc4)N3C(=O)CN2C)cc1. The van der Waals surface area contributed by atoms with E-state index in [1.807, 2.05) is 42.5 Å². The van der Waals surface area contributed by atoms with Gasteiger partial charge < -0.3 is 19.9 Å². The van der Waals surface area contributed by atoms with Gasteiger partial charge in [-0.25, -0.2) is 23.6 Å². The molecule has 0 aliphatic carbocycles. The van der Waals surface area contributed by atoms with Gasteiger partial charge in [-0.1, -0.05) is 48.5 Å². The Kier molecular flexibility index (Phi) is 8.16. The summed E-state index contributed by atoms with van der Waals surface area (Å²) >= 11 is 0. The number of hydrogen-bond donors (Lipinski definition) is 1. The third-order valence-electron chi connectivity index (χ3n) is 7.40. The molecule has 214 valence electrons. The fourth-order valence-corrected chi connectivity index (χ4v) is 5.34. The van der Waals surface area contributed by atoms with E-state index < -0.39 is 29.9 Å². The van der Waals surface area contributed by atoms with Gasteiger partial charge in [0.25, 0.3) is 0 Å². The number of hydrogen-bond acceptors (Lipinski definition) is 5. The summed E-state index contributed by atoms with van der Waals surface area (Å²) in [5, 5.41) is 5.86. The van der Waals surface area contributed by atoms with Crippen LogP contribution in [0.1, 0.15) is 16.7 Å². The molecule has 11 heteroatoms. The third-order valence-corrected chi connectivity index (χ3v) is 7.40. The minimum absolute atomic E-state index is 0.0486. The smallest absolute Gasteiger partial charge is 0.334 e. The quantitative estimate of drug-likeness (QED) is 0.478. The molecule has 0 saturated carbocycles. The van der Waals surface area contributed by atoms with E-state index in [9.17, 15) is 23.2 Å². The highest BCUT2D eigenvalue weighted by Crippen LogP contribution is 2.29. The van der Waals surface area contributed by atoms with Crippen LogP contribution in [0.3, 0.4) is 0 Å². The summed E-state index contributed by atoms with van der Waals surface area (Å²) in [5.74, 6) is -1.46. The molecular formula is C30H31F2N5O4. The number of halogens is 2. The molecule has 0 bridgehead atoms. The van der Waals surface area contributed by atoms with Gasteiger partial charge in [0, 0.05) is 38.2 Å². The minimum Gasteiger partial charge on any atom is -0.497 e. The Morgan fingerprint density at radius 2 is 1.73 bits per heavy atom. The van der Waals surface area contributed by atoms with E-state index in [2.05, 4.69) is 5.32 Å². The van der Waals surface area contributed by atoms with Crippen LogP contribution in [0.4, 0.5) is 13.6 Å². The molecule has 0 spiro atoms. The number of rotatable bonds is 7. The Morgan fingerprint density at radius 3 is 2.41 bits per heavy atom. The summed E-state index contributed by atoms with van der Waals surface area (Å²) in [5.41, 5.74) is 1.82. The van der Waals surface area contributed by atoms with Gasteiger partial charge in [0.2, 0.25) is 11.8 Å². The number of nitrogens with zero attached hydrogens (tertiary/aromatic N) is 4. The van der Waals surface area contributed by atoms with E-state index >= 15 is 0 Å². The number of benzene rings is 3. The van der Waals surface area contributed by atoms with Crippen molar-refractivity contribution in [3.05, 3.63) is 101 Å². The molecule has 2 saturated heterocycles. The lowest BCUT2D eigenvalue weighted by molar-refractivity contribution is -0.187. The first-order valence-electron chi connectivity index (χ1n) is 13.2. The number of fused-ring (bicyclic) bond motifs is 1. The van der Waals surface area contributed by atoms with E-state index in [4.69, 9.17) is 4.74 Å². The molecule has 9 nitrogen and oxygen atoms in total. The van der Waals surface area contributed by atoms with Crippen LogP contribution >= 0.6 is 0 Å². The Balaban J connectivity index is 1.44. The second-order valence-corrected chi connectivity index (χ2v) is 10.1. The number of methoxy groups -OCH3 is 1. The monoisotopic (exact) mass is 563 g/mol. The van der Waals surface area contributed by atoms with Gasteiger partial charge in [0.05, 0.1) is 20.2 Å². The highest BCUT2D eigenvalue weighted by molar-refractivity contribution is 5.91. The number of hydrazine groups is 1. The molecule has 2 aliphatic rings. The van der Waals surface area contributed by atoms with Gasteiger partial charge >= 0.3 is 6.03 Å². The van der Waals surface area contributed by atoms with Crippen molar-refractivity contribution in [1.29, 1.82) is 0 Å². The van der Waals surface area contributed by atoms with Crippen LogP contribution in [-0.4, -0.2) is 77.1 Å². The molecule has 1 N–H and O–H groups in total. The number of likely N-dealkylation sites (N-methyl/N-ethyl adjacent to an activating group) is 1. The Bertz CT molecular complexity index is 1420. The zero-order valence-corrected chi connectivity index (χ0v) is 22.8. The van der Waals surface area contributed by atoms with E-state index in [0.29, 0.717) is 5.75 Å². The molecule has 2 atom stereocenters. The van der Waals surface area contributed by atoms with Crippen LogP contribution < -0.4 is 10.1 Å². The molecule has 2 heterocycles. The van der Waals surface area contributed by atoms with Crippen LogP contribution in [0.2, 0.25) is 0 Å². The summed E-state index contributed by atoms with van der Waals surface area (Å²) in [6, 6.07) is 18.4. The predicted molar refractivity (Wildman–Crippen MR) is 146 cm³/mol. The molecule has 2 aliphatic heterocycles. The van der Waals surface area contributed by atoms with E-state index in [0.717, 1.165) is 23.3 Å². The average Bonchev–Trinajstić information content (AvgIpc) is 2.96. The van der Waals surface area contributed by atoms with Gasteiger partial charge in [-0.2, -0.15) is 0 Å². The largest absolute Gasteiger partial charge is 0.497 e. The summed E-state index contributed by atoms with van der Waals surface area (Å²) < 4.78 is 33.4. The fourth-order valence-electron chi connectivity index (χ4n) is 5.34. The number of amides is 4. The maximum atomic E-state index is 14.6. The van der Waals surface area contributed by atoms with Crippen LogP contribution in [-0.2, 0) is 29.1 Å². The first-order chi connectivity index (χ1) is 19.7. The minimum atomic E-state index is -0.919. The molecule has 0 unspecified atom stereocenters. The molecule has 3 aromatic rings. The maximum Gasteiger partial charge on any atom is 0.334 e. The summed E-state index contributed by atoms with van der Waals surface area (Å²) in [6.45, 7) is -0.0604. The van der Waals surface area contributed by atoms with Crippen LogP contribution in [0.15, 0.2) is 72.8 Å². The normalized spacial score (nSPS) is 19.3. The van der Waals surface area contributed by atoms with Gasteiger partial charge in [-0.05, 0) is 29.3 Å². The number of nitrogens with one attached hydrogen (secondary N) is 1. The lowest BCUT2D eigenvalue weighted by Gasteiger charge is -2.54. The maximum absolute atomic E-state index is 14.6. The molecule has 0 aromatic heterocycles. The second-order valence-electron chi connectivity index (χ2n) is 10.1. The van der Waals surface area contributed by atoms with Crippen LogP contribution in [0.5, 0.6) is 5.75 Å². The number of ether oxygens (including phenoxy) is 1. The number of carbonyl (C=O) groups is 3. The zero-order chi connectivity index (χ0) is 29.1. The first kappa shape index (κ1) is 28.0. The van der Waals surface area contributed by atoms with Crippen molar-refractivity contribution >= 4 is 17.8 Å². The number of urea groups is 1. The van der Waals surface area contributed by atoms with E-state index in [1.54, 1.807) is 26.3 Å². The highest BCUT2D eigenvalue weighted by atomic mass is 19.1. The van der Waals surface area contributed by atoms with Crippen molar-refractivity contribution in [3.63, 3.8) is 0 Å². The van der Waals surface area contributed by atoms with E-state index in [-0.39, 0.29) is 50.0 Å². The van der Waals surface area contributed by atoms with Crippen molar-refractivity contribution < 1.29 is 27.9 Å². The Labute approximate surface area is 236 Å². The van der Waals surface area contributed by atoms with Crippen molar-refractivity contribution in [2.45, 2.75) is 31.7 Å². The van der Waals surface area contributed by atoms with Gasteiger partial charge in [0.1, 0.15) is 29.6 Å².